The quantitative estimate of drug-likeness (QED) is 0.0284. The van der Waals surface area contributed by atoms with Crippen LogP contribution in [0.25, 0.3) is 0 Å². The Kier molecular flexibility index (Phi) is 32.8. The van der Waals surface area contributed by atoms with Crippen molar-refractivity contribution < 1.29 is 49.0 Å². The summed E-state index contributed by atoms with van der Waals surface area (Å²) in [5.41, 5.74) is 0. The molecule has 4 N–H and O–H groups in total. The zero-order valence-corrected chi connectivity index (χ0v) is 34.2. The third-order valence-electron chi connectivity index (χ3n) is 9.39. The van der Waals surface area contributed by atoms with Gasteiger partial charge in [0.1, 0.15) is 31.0 Å². The third kappa shape index (κ3) is 27.6. The number of rotatable bonds is 34. The molecule has 10 heteroatoms. The fraction of sp³-hybridized carbons (Fsp3) is 0.733. The number of allylic oxidation sites excluding steroid dienone is 10. The lowest BCUT2D eigenvalue weighted by Crippen LogP contribution is -2.59. The van der Waals surface area contributed by atoms with Crippen LogP contribution in [-0.2, 0) is 28.5 Å². The second kappa shape index (κ2) is 35.8. The van der Waals surface area contributed by atoms with Crippen LogP contribution >= 0.6 is 0 Å². The van der Waals surface area contributed by atoms with Crippen molar-refractivity contribution >= 4 is 11.9 Å². The molecule has 1 rings (SSSR count). The molecule has 1 saturated heterocycles. The normalized spacial score (nSPS) is 21.2. The summed E-state index contributed by atoms with van der Waals surface area (Å²) < 4.78 is 22.1. The molecule has 0 saturated carbocycles. The fourth-order valence-electron chi connectivity index (χ4n) is 6.00. The number of unbranched alkanes of at least 4 members (excludes halogenated alkanes) is 13. The molecule has 0 spiro atoms. The van der Waals surface area contributed by atoms with Gasteiger partial charge in [0.05, 0.1) is 13.2 Å². The number of hydrogen-bond donors (Lipinski definition) is 4. The number of esters is 2. The maximum absolute atomic E-state index is 12.7. The van der Waals surface area contributed by atoms with E-state index in [9.17, 15) is 30.0 Å². The van der Waals surface area contributed by atoms with Crippen molar-refractivity contribution in [3.05, 3.63) is 60.8 Å². The Balaban J connectivity index is 2.40. The SMILES string of the molecule is CC/C=C/C/C=C/C/C=C/C/C=C/CCCCC(=O)O[C@@H](COC(=O)CCCCC/C=C/CCCCCCCCCC)CO[C@H]1O[C@@H](CO)[C@@H](O)C(O)C1O. The zero-order chi connectivity index (χ0) is 40.2. The minimum atomic E-state index is -1.61. The van der Waals surface area contributed by atoms with Gasteiger partial charge in [-0.1, -0.05) is 126 Å². The third-order valence-corrected chi connectivity index (χ3v) is 9.39. The van der Waals surface area contributed by atoms with Crippen molar-refractivity contribution in [2.45, 2.75) is 192 Å². The molecule has 6 atom stereocenters. The highest BCUT2D eigenvalue weighted by Gasteiger charge is 2.44. The van der Waals surface area contributed by atoms with E-state index in [1.165, 1.54) is 51.4 Å². The summed E-state index contributed by atoms with van der Waals surface area (Å²) in [5.74, 6) is -0.879. The van der Waals surface area contributed by atoms with Crippen LogP contribution in [0.15, 0.2) is 60.8 Å². The lowest BCUT2D eigenvalue weighted by molar-refractivity contribution is -0.305. The van der Waals surface area contributed by atoms with Gasteiger partial charge >= 0.3 is 11.9 Å². The molecule has 0 radical (unpaired) electrons. The van der Waals surface area contributed by atoms with Gasteiger partial charge in [-0.25, -0.2) is 0 Å². The van der Waals surface area contributed by atoms with Crippen LogP contribution in [0.1, 0.15) is 155 Å². The molecule has 316 valence electrons. The average Bonchev–Trinajstić information content (AvgIpc) is 3.18. The Morgan fingerprint density at radius 3 is 1.67 bits per heavy atom. The maximum atomic E-state index is 12.7. The van der Waals surface area contributed by atoms with E-state index in [0.717, 1.165) is 64.2 Å². The number of carbonyl (C=O) groups excluding carboxylic acids is 2. The van der Waals surface area contributed by atoms with Gasteiger partial charge in [-0.05, 0) is 77.0 Å². The van der Waals surface area contributed by atoms with E-state index < -0.39 is 55.4 Å². The Morgan fingerprint density at radius 2 is 1.07 bits per heavy atom. The minimum absolute atomic E-state index is 0.172. The van der Waals surface area contributed by atoms with Crippen molar-refractivity contribution in [2.75, 3.05) is 19.8 Å². The van der Waals surface area contributed by atoms with Crippen molar-refractivity contribution in [1.82, 2.24) is 0 Å². The van der Waals surface area contributed by atoms with E-state index in [0.29, 0.717) is 12.8 Å². The van der Waals surface area contributed by atoms with Crippen LogP contribution < -0.4 is 0 Å². The van der Waals surface area contributed by atoms with Crippen LogP contribution in [0.5, 0.6) is 0 Å². The molecule has 10 nitrogen and oxygen atoms in total. The largest absolute Gasteiger partial charge is 0.462 e. The lowest BCUT2D eigenvalue weighted by atomic mass is 9.99. The van der Waals surface area contributed by atoms with E-state index in [2.05, 4.69) is 74.6 Å². The summed E-state index contributed by atoms with van der Waals surface area (Å²) in [5, 5.41) is 40.0. The van der Waals surface area contributed by atoms with Gasteiger partial charge in [0.2, 0.25) is 0 Å². The molecule has 1 aliphatic heterocycles. The highest BCUT2D eigenvalue weighted by atomic mass is 16.7. The molecule has 2 unspecified atom stereocenters. The van der Waals surface area contributed by atoms with Crippen molar-refractivity contribution in [3.63, 3.8) is 0 Å². The monoisotopic (exact) mass is 777 g/mol. The van der Waals surface area contributed by atoms with Gasteiger partial charge in [0.15, 0.2) is 12.4 Å². The number of aliphatic hydroxyl groups excluding tert-OH is 4. The van der Waals surface area contributed by atoms with E-state index in [-0.39, 0.29) is 26.1 Å². The van der Waals surface area contributed by atoms with Crippen LogP contribution in [0.2, 0.25) is 0 Å². The molecule has 1 fully saturated rings. The maximum Gasteiger partial charge on any atom is 0.306 e. The summed E-state index contributed by atoms with van der Waals surface area (Å²) in [6, 6.07) is 0. The van der Waals surface area contributed by atoms with Crippen LogP contribution in [-0.4, -0.2) is 89.0 Å². The summed E-state index contributed by atoms with van der Waals surface area (Å²) in [6.45, 7) is 3.23. The average molecular weight is 777 g/mol. The van der Waals surface area contributed by atoms with Gasteiger partial charge in [-0.15, -0.1) is 0 Å². The molecular weight excluding hydrogens is 700 g/mol. The Labute approximate surface area is 332 Å². The summed E-state index contributed by atoms with van der Waals surface area (Å²) in [6.07, 6.45) is 35.2. The van der Waals surface area contributed by atoms with E-state index in [4.69, 9.17) is 18.9 Å². The zero-order valence-electron chi connectivity index (χ0n) is 34.2. The van der Waals surface area contributed by atoms with Gasteiger partial charge < -0.3 is 39.4 Å². The first-order valence-corrected chi connectivity index (χ1v) is 21.4. The summed E-state index contributed by atoms with van der Waals surface area (Å²) in [4.78, 5) is 25.3. The molecule has 0 aliphatic carbocycles. The summed E-state index contributed by atoms with van der Waals surface area (Å²) >= 11 is 0. The minimum Gasteiger partial charge on any atom is -0.462 e. The lowest BCUT2D eigenvalue weighted by Gasteiger charge is -2.39. The summed E-state index contributed by atoms with van der Waals surface area (Å²) in [7, 11) is 0. The smallest absolute Gasteiger partial charge is 0.306 e. The predicted octanol–water partition coefficient (Wildman–Crippen LogP) is 8.66. The fourth-order valence-corrected chi connectivity index (χ4v) is 6.00. The first kappa shape index (κ1) is 50.4. The molecular formula is C45H76O10. The van der Waals surface area contributed by atoms with E-state index in [1.54, 1.807) is 0 Å². The second-order valence-corrected chi connectivity index (χ2v) is 14.4. The number of aliphatic hydroxyl groups is 4. The Morgan fingerprint density at radius 1 is 0.582 bits per heavy atom. The molecule has 0 aromatic rings. The van der Waals surface area contributed by atoms with Gasteiger partial charge in [0.25, 0.3) is 0 Å². The number of ether oxygens (including phenoxy) is 4. The molecule has 0 aromatic heterocycles. The first-order chi connectivity index (χ1) is 26.8. The van der Waals surface area contributed by atoms with Crippen LogP contribution in [0.4, 0.5) is 0 Å². The molecule has 1 aliphatic rings. The highest BCUT2D eigenvalue weighted by molar-refractivity contribution is 5.70. The van der Waals surface area contributed by atoms with Crippen molar-refractivity contribution in [1.29, 1.82) is 0 Å². The molecule has 1 heterocycles. The standard InChI is InChI=1S/C45H76O10/c1-3-5-7-9-11-13-15-17-19-21-23-25-27-29-31-33-40(47)52-36-38(37-53-45-44(51)43(50)42(49)39(35-46)55-45)54-41(48)34-32-30-28-26-24-22-20-18-16-14-12-10-8-6-4-2/h6,8,12,14,18,20-21,23-24,26,38-39,42-46,49-51H,3-5,7,9-11,13,15-17,19,22,25,27-37H2,1-2H3/b8-6+,14-12+,20-18+,23-21+,26-24+/t38-,39-,42+,43?,44?,45-/m0/s1. The van der Waals surface area contributed by atoms with Crippen LogP contribution in [0, 0.1) is 0 Å². The molecule has 55 heavy (non-hydrogen) atoms. The van der Waals surface area contributed by atoms with Crippen LogP contribution in [0.3, 0.4) is 0 Å². The van der Waals surface area contributed by atoms with Gasteiger partial charge in [0, 0.05) is 12.8 Å². The first-order valence-electron chi connectivity index (χ1n) is 21.4. The number of hydrogen-bond acceptors (Lipinski definition) is 10. The van der Waals surface area contributed by atoms with E-state index in [1.807, 2.05) is 0 Å². The van der Waals surface area contributed by atoms with Crippen molar-refractivity contribution in [3.8, 4) is 0 Å². The van der Waals surface area contributed by atoms with E-state index >= 15 is 0 Å². The second-order valence-electron chi connectivity index (χ2n) is 14.4. The molecule has 0 amide bonds. The molecule has 0 aromatic carbocycles. The topological polar surface area (TPSA) is 152 Å². The molecule has 0 bridgehead atoms. The van der Waals surface area contributed by atoms with Gasteiger partial charge in [-0.3, -0.25) is 9.59 Å². The van der Waals surface area contributed by atoms with Crippen molar-refractivity contribution in [2.24, 2.45) is 0 Å². The van der Waals surface area contributed by atoms with Gasteiger partial charge in [-0.2, -0.15) is 0 Å². The predicted molar refractivity (Wildman–Crippen MR) is 219 cm³/mol. The number of carbonyl (C=O) groups is 2. The Hall–Kier alpha value is -2.60. The Bertz CT molecular complexity index is 1080. The highest BCUT2D eigenvalue weighted by Crippen LogP contribution is 2.22.